The van der Waals surface area contributed by atoms with Crippen molar-refractivity contribution in [2.75, 3.05) is 13.1 Å². The van der Waals surface area contributed by atoms with Gasteiger partial charge in [-0.05, 0) is 60.8 Å². The molecule has 0 aliphatic rings. The first-order chi connectivity index (χ1) is 26.9. The fraction of sp³-hybridized carbons (Fsp3) is 0.318. The Kier molecular flexibility index (Phi) is 25.9. The zero-order valence-electron chi connectivity index (χ0n) is 33.1. The molecule has 4 aromatic carbocycles. The van der Waals surface area contributed by atoms with Crippen molar-refractivity contribution in [3.8, 4) is 0 Å². The second-order valence-electron chi connectivity index (χ2n) is 13.5. The van der Waals surface area contributed by atoms with Gasteiger partial charge in [0, 0.05) is 49.7 Å². The van der Waals surface area contributed by atoms with E-state index in [0.29, 0.717) is 25.7 Å². The topological polar surface area (TPSA) is 213 Å². The Morgan fingerprint density at radius 3 is 0.897 bits per heavy atom. The summed E-state index contributed by atoms with van der Waals surface area (Å²) in [6.45, 7) is -0.0776. The molecule has 0 aromatic heterocycles. The summed E-state index contributed by atoms with van der Waals surface area (Å²) in [7, 11) is 0. The van der Waals surface area contributed by atoms with Crippen LogP contribution in [0.1, 0.15) is 47.9 Å². The Morgan fingerprint density at radius 1 is 0.431 bits per heavy atom. The molecule has 0 saturated heterocycles. The summed E-state index contributed by atoms with van der Waals surface area (Å²) in [4.78, 5) is 70.0. The van der Waals surface area contributed by atoms with Gasteiger partial charge in [-0.2, -0.15) is 0 Å². The molecular formula is C44H48N2Na2O10. The number of benzene rings is 4. The number of carbonyl (C=O) groups is 6. The maximum Gasteiger partial charge on any atom is 1.00 e. The van der Waals surface area contributed by atoms with E-state index in [9.17, 15) is 49.2 Å². The molecule has 4 N–H and O–H groups in total. The zero-order valence-corrected chi connectivity index (χ0v) is 37.1. The van der Waals surface area contributed by atoms with E-state index in [1.54, 1.807) is 0 Å². The molecule has 0 bridgehead atoms. The van der Waals surface area contributed by atoms with Gasteiger partial charge in [0.25, 0.3) is 0 Å². The van der Waals surface area contributed by atoms with Crippen molar-refractivity contribution < 1.29 is 108 Å². The van der Waals surface area contributed by atoms with Crippen LogP contribution in [0.25, 0.3) is 0 Å². The van der Waals surface area contributed by atoms with Gasteiger partial charge in [0.2, 0.25) is 11.8 Å². The van der Waals surface area contributed by atoms with Gasteiger partial charge in [-0.3, -0.25) is 19.2 Å². The summed E-state index contributed by atoms with van der Waals surface area (Å²) in [6, 6.07) is 37.3. The normalized spacial score (nSPS) is 12.3. The Hall–Kier alpha value is -4.30. The molecule has 14 heteroatoms. The van der Waals surface area contributed by atoms with Gasteiger partial charge in [-0.15, -0.1) is 0 Å². The fourth-order valence-corrected chi connectivity index (χ4v) is 6.25. The number of nitrogens with one attached hydrogen (secondary N) is 2. The molecule has 4 rings (SSSR count). The van der Waals surface area contributed by atoms with Gasteiger partial charge in [-0.1, -0.05) is 121 Å². The molecular weight excluding hydrogens is 762 g/mol. The third kappa shape index (κ3) is 20.9. The van der Waals surface area contributed by atoms with Gasteiger partial charge in [0.05, 0.1) is 11.8 Å². The van der Waals surface area contributed by atoms with Gasteiger partial charge in [0.1, 0.15) is 0 Å². The number of rotatable bonds is 22. The number of carbonyl (C=O) groups excluding carboxylic acids is 4. The van der Waals surface area contributed by atoms with E-state index >= 15 is 0 Å². The van der Waals surface area contributed by atoms with Crippen molar-refractivity contribution >= 4 is 35.7 Å². The van der Waals surface area contributed by atoms with Gasteiger partial charge < -0.3 is 40.6 Å². The quantitative estimate of drug-likeness (QED) is 0.0587. The molecule has 4 atom stereocenters. The first-order valence-electron chi connectivity index (χ1n) is 18.5. The Morgan fingerprint density at radius 2 is 0.672 bits per heavy atom. The molecule has 4 aromatic rings. The second-order valence-corrected chi connectivity index (χ2v) is 13.5. The standard InChI is InChI=1S/2C22H25NO5.2Na/c2*24-20(25)11-12-23-21(26)18(13-16-7-3-1-4-8-16)15-19(22(27)28)14-17-9-5-2-6-10-17;;/h2*1-10,18-19H,11-15H2,(H,23,26)(H,24,25)(H,27,28);;/q;;2*+1/p-2/t2*18-,19-;;/m00../s1. The van der Waals surface area contributed by atoms with Crippen LogP contribution < -0.4 is 80.0 Å². The smallest absolute Gasteiger partial charge is 0.550 e. The van der Waals surface area contributed by atoms with E-state index in [0.717, 1.165) is 22.3 Å². The number of carboxylic acid groups (broad SMARTS) is 4. The first-order valence-corrected chi connectivity index (χ1v) is 18.5. The number of carboxylic acids is 4. The molecule has 0 radical (unpaired) electrons. The average Bonchev–Trinajstić information content (AvgIpc) is 3.18. The van der Waals surface area contributed by atoms with Gasteiger partial charge >= 0.3 is 71.1 Å². The van der Waals surface area contributed by atoms with Crippen molar-refractivity contribution in [1.29, 1.82) is 0 Å². The maximum absolute atomic E-state index is 12.6. The molecule has 0 fully saturated rings. The number of amides is 2. The summed E-state index contributed by atoms with van der Waals surface area (Å²) in [5.41, 5.74) is 3.63. The fourth-order valence-electron chi connectivity index (χ4n) is 6.25. The van der Waals surface area contributed by atoms with Crippen molar-refractivity contribution in [1.82, 2.24) is 10.6 Å². The number of hydrogen-bond acceptors (Lipinski definition) is 8. The van der Waals surface area contributed by atoms with Gasteiger partial charge in [0.15, 0.2) is 0 Å². The summed E-state index contributed by atoms with van der Waals surface area (Å²) in [6.07, 6.45) is 1.19. The SMILES string of the molecule is O=C([O-])CCNC(=O)[C@@H](Cc1ccccc1)C[C@H](Cc1ccccc1)C(=O)O.O=C([O-])CCNC(=O)[C@@H](Cc1ccccc1)C[C@H](Cc1ccccc1)C(=O)O.[Na+].[Na+]. The van der Waals surface area contributed by atoms with E-state index in [1.165, 1.54) is 0 Å². The minimum atomic E-state index is -1.24. The average molecular weight is 811 g/mol. The number of aliphatic carboxylic acids is 4. The molecule has 0 aliphatic carbocycles. The van der Waals surface area contributed by atoms with E-state index in [4.69, 9.17) is 0 Å². The number of hydrogen-bond donors (Lipinski definition) is 4. The van der Waals surface area contributed by atoms with Gasteiger partial charge in [-0.25, -0.2) is 0 Å². The van der Waals surface area contributed by atoms with Crippen LogP contribution in [0.5, 0.6) is 0 Å². The van der Waals surface area contributed by atoms with Crippen LogP contribution in [0.4, 0.5) is 0 Å². The maximum atomic E-state index is 12.6. The molecule has 0 unspecified atom stereocenters. The van der Waals surface area contributed by atoms with Crippen molar-refractivity contribution in [2.24, 2.45) is 23.7 Å². The molecule has 0 spiro atoms. The van der Waals surface area contributed by atoms with Crippen molar-refractivity contribution in [3.63, 3.8) is 0 Å². The van der Waals surface area contributed by atoms with Crippen LogP contribution >= 0.6 is 0 Å². The van der Waals surface area contributed by atoms with Crippen LogP contribution in [-0.2, 0) is 54.5 Å². The minimum Gasteiger partial charge on any atom is -0.550 e. The summed E-state index contributed by atoms with van der Waals surface area (Å²) in [5, 5.41) is 45.6. The molecule has 296 valence electrons. The summed E-state index contributed by atoms with van der Waals surface area (Å²) >= 11 is 0. The van der Waals surface area contributed by atoms with Crippen molar-refractivity contribution in [2.45, 2.75) is 51.4 Å². The largest absolute Gasteiger partial charge is 1.00 e. The van der Waals surface area contributed by atoms with Crippen LogP contribution in [0.2, 0.25) is 0 Å². The van der Waals surface area contributed by atoms with E-state index in [2.05, 4.69) is 10.6 Å². The van der Waals surface area contributed by atoms with Crippen LogP contribution in [0.15, 0.2) is 121 Å². The molecule has 2 amide bonds. The molecule has 0 aliphatic heterocycles. The Bertz CT molecular complexity index is 1700. The van der Waals surface area contributed by atoms with Crippen LogP contribution in [-0.4, -0.2) is 59.0 Å². The van der Waals surface area contributed by atoms with Crippen LogP contribution in [0, 0.1) is 23.7 Å². The third-order valence-electron chi connectivity index (χ3n) is 9.13. The Labute approximate surface area is 383 Å². The van der Waals surface area contributed by atoms with E-state index < -0.39 is 47.5 Å². The monoisotopic (exact) mass is 810 g/mol. The zero-order chi connectivity index (χ0) is 40.7. The Balaban J connectivity index is 0.000000561. The predicted molar refractivity (Wildman–Crippen MR) is 204 cm³/mol. The molecule has 12 nitrogen and oxygen atoms in total. The molecule has 58 heavy (non-hydrogen) atoms. The third-order valence-corrected chi connectivity index (χ3v) is 9.13. The van der Waals surface area contributed by atoms with E-state index in [1.807, 2.05) is 121 Å². The van der Waals surface area contributed by atoms with Crippen LogP contribution in [0.3, 0.4) is 0 Å². The molecule has 0 saturated carbocycles. The summed E-state index contributed by atoms with van der Waals surface area (Å²) in [5.74, 6) is -7.67. The van der Waals surface area contributed by atoms with Crippen molar-refractivity contribution in [3.05, 3.63) is 144 Å². The second kappa shape index (κ2) is 29.0. The van der Waals surface area contributed by atoms with E-state index in [-0.39, 0.29) is 110 Å². The summed E-state index contributed by atoms with van der Waals surface area (Å²) < 4.78 is 0. The first kappa shape index (κ1) is 51.7. The minimum absolute atomic E-state index is 0. The molecule has 0 heterocycles. The predicted octanol–water partition coefficient (Wildman–Crippen LogP) is -3.12.